The SMILES string of the molecule is Cc1cc(NC(=O)[C@@H]2CCCNC2)ccc1[N+](=O)[O-]. The molecule has 6 nitrogen and oxygen atoms in total. The molecule has 0 bridgehead atoms. The van der Waals surface area contributed by atoms with Crippen molar-refractivity contribution in [3.05, 3.63) is 33.9 Å². The fourth-order valence-corrected chi connectivity index (χ4v) is 2.26. The Morgan fingerprint density at radius 1 is 1.53 bits per heavy atom. The second-order valence-electron chi connectivity index (χ2n) is 4.79. The number of carbonyl (C=O) groups is 1. The van der Waals surface area contributed by atoms with E-state index < -0.39 is 4.92 Å². The van der Waals surface area contributed by atoms with Crippen molar-refractivity contribution < 1.29 is 9.72 Å². The van der Waals surface area contributed by atoms with Gasteiger partial charge in [-0.15, -0.1) is 0 Å². The van der Waals surface area contributed by atoms with Crippen LogP contribution in [0.15, 0.2) is 18.2 Å². The summed E-state index contributed by atoms with van der Waals surface area (Å²) in [6.45, 7) is 3.31. The predicted octanol–water partition coefficient (Wildman–Crippen LogP) is 1.84. The number of anilines is 1. The average Bonchev–Trinajstić information content (AvgIpc) is 2.39. The van der Waals surface area contributed by atoms with Gasteiger partial charge in [0.15, 0.2) is 0 Å². The van der Waals surface area contributed by atoms with Crippen LogP contribution in [0.5, 0.6) is 0 Å². The molecular formula is C13H17N3O3. The lowest BCUT2D eigenvalue weighted by atomic mass is 9.98. The van der Waals surface area contributed by atoms with Crippen LogP contribution in [0.25, 0.3) is 0 Å². The Bertz CT molecular complexity index is 496. The first-order chi connectivity index (χ1) is 9.08. The molecule has 0 radical (unpaired) electrons. The van der Waals surface area contributed by atoms with Crippen molar-refractivity contribution >= 4 is 17.3 Å². The van der Waals surface area contributed by atoms with Gasteiger partial charge in [-0.2, -0.15) is 0 Å². The molecule has 102 valence electrons. The Morgan fingerprint density at radius 2 is 2.32 bits per heavy atom. The fourth-order valence-electron chi connectivity index (χ4n) is 2.26. The molecule has 1 aliphatic rings. The molecule has 1 fully saturated rings. The smallest absolute Gasteiger partial charge is 0.272 e. The first-order valence-electron chi connectivity index (χ1n) is 6.34. The van der Waals surface area contributed by atoms with E-state index in [2.05, 4.69) is 10.6 Å². The van der Waals surface area contributed by atoms with Gasteiger partial charge in [0, 0.05) is 23.9 Å². The van der Waals surface area contributed by atoms with E-state index in [9.17, 15) is 14.9 Å². The molecule has 1 heterocycles. The number of benzene rings is 1. The zero-order valence-corrected chi connectivity index (χ0v) is 10.8. The van der Waals surface area contributed by atoms with Crippen LogP contribution in [0, 0.1) is 23.0 Å². The zero-order chi connectivity index (χ0) is 13.8. The number of nitro benzene ring substituents is 1. The summed E-state index contributed by atoms with van der Waals surface area (Å²) in [6.07, 6.45) is 1.88. The molecule has 1 atom stereocenters. The largest absolute Gasteiger partial charge is 0.326 e. The van der Waals surface area contributed by atoms with E-state index in [-0.39, 0.29) is 17.5 Å². The number of nitrogens with zero attached hydrogens (tertiary/aromatic N) is 1. The predicted molar refractivity (Wildman–Crippen MR) is 72.1 cm³/mol. The molecule has 1 aliphatic heterocycles. The Balaban J connectivity index is 2.04. The molecule has 1 saturated heterocycles. The fraction of sp³-hybridized carbons (Fsp3) is 0.462. The van der Waals surface area contributed by atoms with E-state index in [4.69, 9.17) is 0 Å². The quantitative estimate of drug-likeness (QED) is 0.643. The van der Waals surface area contributed by atoms with Gasteiger partial charge >= 0.3 is 0 Å². The number of hydrogen-bond acceptors (Lipinski definition) is 4. The van der Waals surface area contributed by atoms with Gasteiger partial charge in [-0.25, -0.2) is 0 Å². The molecule has 1 amide bonds. The second kappa shape index (κ2) is 5.79. The third kappa shape index (κ3) is 3.29. The van der Waals surface area contributed by atoms with Gasteiger partial charge in [0.25, 0.3) is 5.69 Å². The van der Waals surface area contributed by atoms with E-state index in [1.807, 2.05) is 0 Å². The van der Waals surface area contributed by atoms with Crippen LogP contribution in [0.4, 0.5) is 11.4 Å². The highest BCUT2D eigenvalue weighted by Gasteiger charge is 2.21. The van der Waals surface area contributed by atoms with Crippen LogP contribution in [0.2, 0.25) is 0 Å². The molecular weight excluding hydrogens is 246 g/mol. The lowest BCUT2D eigenvalue weighted by Gasteiger charge is -2.21. The van der Waals surface area contributed by atoms with Crippen molar-refractivity contribution in [1.29, 1.82) is 0 Å². The monoisotopic (exact) mass is 263 g/mol. The van der Waals surface area contributed by atoms with Gasteiger partial charge in [0.05, 0.1) is 10.8 Å². The third-order valence-electron chi connectivity index (χ3n) is 3.33. The summed E-state index contributed by atoms with van der Waals surface area (Å²) in [5, 5.41) is 16.7. The topological polar surface area (TPSA) is 84.3 Å². The number of rotatable bonds is 3. The lowest BCUT2D eigenvalue weighted by Crippen LogP contribution is -2.37. The van der Waals surface area contributed by atoms with E-state index in [0.717, 1.165) is 19.4 Å². The highest BCUT2D eigenvalue weighted by molar-refractivity contribution is 5.93. The van der Waals surface area contributed by atoms with Crippen molar-refractivity contribution in [3.8, 4) is 0 Å². The zero-order valence-electron chi connectivity index (χ0n) is 10.8. The molecule has 0 spiro atoms. The minimum Gasteiger partial charge on any atom is -0.326 e. The van der Waals surface area contributed by atoms with Crippen LogP contribution in [-0.2, 0) is 4.79 Å². The maximum Gasteiger partial charge on any atom is 0.272 e. The molecule has 0 aliphatic carbocycles. The van der Waals surface area contributed by atoms with Crippen LogP contribution in [-0.4, -0.2) is 23.9 Å². The number of amides is 1. The number of nitro groups is 1. The Labute approximate surface area is 111 Å². The van der Waals surface area contributed by atoms with Crippen molar-refractivity contribution in [3.63, 3.8) is 0 Å². The van der Waals surface area contributed by atoms with Gasteiger partial charge in [-0.1, -0.05) is 0 Å². The molecule has 2 N–H and O–H groups in total. The first kappa shape index (κ1) is 13.5. The maximum atomic E-state index is 12.0. The molecule has 19 heavy (non-hydrogen) atoms. The van der Waals surface area contributed by atoms with Crippen LogP contribution < -0.4 is 10.6 Å². The van der Waals surface area contributed by atoms with Crippen molar-refractivity contribution in [2.24, 2.45) is 5.92 Å². The summed E-state index contributed by atoms with van der Waals surface area (Å²) in [5.74, 6) is -0.0512. The number of nitrogens with one attached hydrogen (secondary N) is 2. The van der Waals surface area contributed by atoms with Crippen LogP contribution >= 0.6 is 0 Å². The molecule has 0 unspecified atom stereocenters. The highest BCUT2D eigenvalue weighted by atomic mass is 16.6. The summed E-state index contributed by atoms with van der Waals surface area (Å²) in [4.78, 5) is 22.3. The van der Waals surface area contributed by atoms with Crippen molar-refractivity contribution in [1.82, 2.24) is 5.32 Å². The van der Waals surface area contributed by atoms with Gasteiger partial charge in [0.1, 0.15) is 0 Å². The van der Waals surface area contributed by atoms with Gasteiger partial charge in [-0.05, 0) is 38.4 Å². The lowest BCUT2D eigenvalue weighted by molar-refractivity contribution is -0.385. The molecule has 2 rings (SSSR count). The van der Waals surface area contributed by atoms with E-state index in [1.54, 1.807) is 19.1 Å². The summed E-state index contributed by atoms with van der Waals surface area (Å²) in [7, 11) is 0. The third-order valence-corrected chi connectivity index (χ3v) is 3.33. The standard InChI is InChI=1S/C13H17N3O3/c1-9-7-11(4-5-12(9)16(18)19)15-13(17)10-3-2-6-14-8-10/h4-5,7,10,14H,2-3,6,8H2,1H3,(H,15,17)/t10-/m1/s1. The number of piperidine rings is 1. The van der Waals surface area contributed by atoms with Gasteiger partial charge in [-0.3, -0.25) is 14.9 Å². The normalized spacial score (nSPS) is 18.9. The van der Waals surface area contributed by atoms with E-state index in [0.29, 0.717) is 17.8 Å². The first-order valence-corrected chi connectivity index (χ1v) is 6.34. The molecule has 1 aromatic carbocycles. The summed E-state index contributed by atoms with van der Waals surface area (Å²) in [6, 6.07) is 4.62. The van der Waals surface area contributed by atoms with Gasteiger partial charge < -0.3 is 10.6 Å². The van der Waals surface area contributed by atoms with Gasteiger partial charge in [0.2, 0.25) is 5.91 Å². The van der Waals surface area contributed by atoms with Crippen LogP contribution in [0.3, 0.4) is 0 Å². The Morgan fingerprint density at radius 3 is 2.89 bits per heavy atom. The Kier molecular flexibility index (Phi) is 4.11. The molecule has 0 saturated carbocycles. The average molecular weight is 263 g/mol. The van der Waals surface area contributed by atoms with E-state index >= 15 is 0 Å². The number of carbonyl (C=O) groups excluding carboxylic acids is 1. The van der Waals surface area contributed by atoms with Crippen molar-refractivity contribution in [2.45, 2.75) is 19.8 Å². The number of hydrogen-bond donors (Lipinski definition) is 2. The summed E-state index contributed by atoms with van der Waals surface area (Å²) < 4.78 is 0. The molecule has 0 aromatic heterocycles. The highest BCUT2D eigenvalue weighted by Crippen LogP contribution is 2.22. The van der Waals surface area contributed by atoms with Crippen LogP contribution in [0.1, 0.15) is 18.4 Å². The second-order valence-corrected chi connectivity index (χ2v) is 4.79. The maximum absolute atomic E-state index is 12.0. The molecule has 1 aromatic rings. The summed E-state index contributed by atoms with van der Waals surface area (Å²) in [5.41, 5.74) is 1.22. The Hall–Kier alpha value is -1.95. The minimum absolute atomic E-state index is 0.0238. The summed E-state index contributed by atoms with van der Waals surface area (Å²) >= 11 is 0. The van der Waals surface area contributed by atoms with E-state index in [1.165, 1.54) is 6.07 Å². The molecule has 6 heteroatoms. The van der Waals surface area contributed by atoms with Crippen molar-refractivity contribution in [2.75, 3.05) is 18.4 Å². The minimum atomic E-state index is -0.425. The number of aryl methyl sites for hydroxylation is 1.